The first kappa shape index (κ1) is 20.4. The molecule has 1 saturated heterocycles. The van der Waals surface area contributed by atoms with E-state index >= 15 is 0 Å². The molecule has 0 radical (unpaired) electrons. The van der Waals surface area contributed by atoms with Crippen LogP contribution in [0.1, 0.15) is 6.42 Å². The highest BCUT2D eigenvalue weighted by atomic mass is 35.5. The number of nitrogens with zero attached hydrogens (tertiary/aromatic N) is 2. The highest BCUT2D eigenvalue weighted by Crippen LogP contribution is 2.20. The highest BCUT2D eigenvalue weighted by Gasteiger charge is 2.19. The van der Waals surface area contributed by atoms with Gasteiger partial charge in [-0.15, -0.1) is 0 Å². The summed E-state index contributed by atoms with van der Waals surface area (Å²) in [7, 11) is 1.34. The van der Waals surface area contributed by atoms with Crippen LogP contribution in [0, 0.1) is 0 Å². The third kappa shape index (κ3) is 6.44. The Kier molecular flexibility index (Phi) is 8.08. The van der Waals surface area contributed by atoms with Crippen molar-refractivity contribution in [2.75, 3.05) is 51.7 Å². The summed E-state index contributed by atoms with van der Waals surface area (Å²) >= 11 is 11.4. The smallest absolute Gasteiger partial charge is 0.325 e. The molecule has 0 spiro atoms. The van der Waals surface area contributed by atoms with Gasteiger partial charge in [-0.3, -0.25) is 14.5 Å². The zero-order chi connectivity index (χ0) is 18.9. The van der Waals surface area contributed by atoms with Gasteiger partial charge in [0.1, 0.15) is 6.54 Å². The third-order valence-corrected chi connectivity index (χ3v) is 4.73. The van der Waals surface area contributed by atoms with E-state index in [0.29, 0.717) is 35.5 Å². The predicted molar refractivity (Wildman–Crippen MR) is 105 cm³/mol. The van der Waals surface area contributed by atoms with E-state index in [1.165, 1.54) is 7.11 Å². The number of thiocarbonyl (C=S) groups is 1. The van der Waals surface area contributed by atoms with E-state index < -0.39 is 0 Å². The van der Waals surface area contributed by atoms with E-state index in [2.05, 4.69) is 20.3 Å². The van der Waals surface area contributed by atoms with E-state index in [1.807, 2.05) is 17.0 Å². The standard InChI is InChI=1S/C17H23ClN4O3S/c1-25-16(24)11-19-17(26)22-8-4-7-21(9-10-22)12-15(23)20-14-6-3-2-5-13(14)18/h2-3,5-6H,4,7-12H2,1H3,(H,19,26)(H,20,23). The molecule has 0 unspecified atom stereocenters. The number of benzene rings is 1. The number of hydrogen-bond donors (Lipinski definition) is 2. The maximum absolute atomic E-state index is 12.3. The molecule has 2 N–H and O–H groups in total. The van der Waals surface area contributed by atoms with Crippen LogP contribution in [0.4, 0.5) is 5.69 Å². The summed E-state index contributed by atoms with van der Waals surface area (Å²) < 4.78 is 4.59. The molecular formula is C17H23ClN4O3S. The van der Waals surface area contributed by atoms with E-state index in [4.69, 9.17) is 23.8 Å². The monoisotopic (exact) mass is 398 g/mol. The predicted octanol–water partition coefficient (Wildman–Crippen LogP) is 1.33. The van der Waals surface area contributed by atoms with Gasteiger partial charge in [0.15, 0.2) is 5.11 Å². The minimum atomic E-state index is -0.361. The van der Waals surface area contributed by atoms with Gasteiger partial charge < -0.3 is 20.3 Å². The first-order valence-corrected chi connectivity index (χ1v) is 9.14. The number of amides is 1. The van der Waals surface area contributed by atoms with Crippen molar-refractivity contribution in [2.45, 2.75) is 6.42 Å². The first-order chi connectivity index (χ1) is 12.5. The van der Waals surface area contributed by atoms with Crippen LogP contribution in [0.5, 0.6) is 0 Å². The molecular weight excluding hydrogens is 376 g/mol. The van der Waals surface area contributed by atoms with Gasteiger partial charge in [-0.05, 0) is 30.8 Å². The second-order valence-electron chi connectivity index (χ2n) is 5.88. The Morgan fingerprint density at radius 3 is 2.73 bits per heavy atom. The zero-order valence-corrected chi connectivity index (χ0v) is 16.2. The molecule has 0 saturated carbocycles. The van der Waals surface area contributed by atoms with Gasteiger partial charge in [-0.25, -0.2) is 0 Å². The van der Waals surface area contributed by atoms with Crippen molar-refractivity contribution in [3.8, 4) is 0 Å². The largest absolute Gasteiger partial charge is 0.468 e. The summed E-state index contributed by atoms with van der Waals surface area (Å²) in [5.74, 6) is -0.460. The summed E-state index contributed by atoms with van der Waals surface area (Å²) in [6.07, 6.45) is 0.874. The second-order valence-corrected chi connectivity index (χ2v) is 6.67. The molecule has 26 heavy (non-hydrogen) atoms. The number of hydrogen-bond acceptors (Lipinski definition) is 5. The van der Waals surface area contributed by atoms with Crippen LogP contribution in [-0.2, 0) is 14.3 Å². The SMILES string of the molecule is COC(=O)CNC(=S)N1CCCN(CC(=O)Nc2ccccc2Cl)CC1. The van der Waals surface area contributed by atoms with Crippen molar-refractivity contribution in [1.82, 2.24) is 15.1 Å². The molecule has 142 valence electrons. The highest BCUT2D eigenvalue weighted by molar-refractivity contribution is 7.80. The lowest BCUT2D eigenvalue weighted by Crippen LogP contribution is -2.44. The van der Waals surface area contributed by atoms with E-state index in [1.54, 1.807) is 12.1 Å². The lowest BCUT2D eigenvalue weighted by atomic mass is 10.3. The summed E-state index contributed by atoms with van der Waals surface area (Å²) in [4.78, 5) is 27.5. The van der Waals surface area contributed by atoms with Gasteiger partial charge >= 0.3 is 5.97 Å². The Labute approximate surface area is 163 Å². The lowest BCUT2D eigenvalue weighted by Gasteiger charge is -2.24. The minimum absolute atomic E-state index is 0.0514. The normalized spacial score (nSPS) is 15.1. The number of carbonyl (C=O) groups excluding carboxylic acids is 2. The number of esters is 1. The molecule has 1 aromatic carbocycles. The summed E-state index contributed by atoms with van der Waals surface area (Å²) in [6, 6.07) is 7.16. The van der Waals surface area contributed by atoms with Crippen LogP contribution in [0.15, 0.2) is 24.3 Å². The number of rotatable bonds is 5. The lowest BCUT2D eigenvalue weighted by molar-refractivity contribution is -0.139. The van der Waals surface area contributed by atoms with Gasteiger partial charge in [0.25, 0.3) is 0 Å². The van der Waals surface area contributed by atoms with Crippen molar-refractivity contribution < 1.29 is 14.3 Å². The molecule has 1 fully saturated rings. The number of ether oxygens (including phenoxy) is 1. The maximum atomic E-state index is 12.3. The number of methoxy groups -OCH3 is 1. The van der Waals surface area contributed by atoms with Gasteiger partial charge in [0.2, 0.25) is 5.91 Å². The van der Waals surface area contributed by atoms with Crippen LogP contribution in [0.2, 0.25) is 5.02 Å². The van der Waals surface area contributed by atoms with Crippen LogP contribution in [0.25, 0.3) is 0 Å². The van der Waals surface area contributed by atoms with Gasteiger partial charge in [-0.2, -0.15) is 0 Å². The van der Waals surface area contributed by atoms with Crippen molar-refractivity contribution in [1.29, 1.82) is 0 Å². The molecule has 0 aromatic heterocycles. The number of para-hydroxylation sites is 1. The maximum Gasteiger partial charge on any atom is 0.325 e. The average Bonchev–Trinajstić information content (AvgIpc) is 2.87. The van der Waals surface area contributed by atoms with Crippen LogP contribution >= 0.6 is 23.8 Å². The van der Waals surface area contributed by atoms with Crippen LogP contribution in [0.3, 0.4) is 0 Å². The first-order valence-electron chi connectivity index (χ1n) is 8.36. The molecule has 1 aliphatic rings. The molecule has 0 bridgehead atoms. The molecule has 7 nitrogen and oxygen atoms in total. The molecule has 1 aromatic rings. The molecule has 9 heteroatoms. The van der Waals surface area contributed by atoms with Crippen molar-refractivity contribution in [2.24, 2.45) is 0 Å². The van der Waals surface area contributed by atoms with Crippen molar-refractivity contribution in [3.05, 3.63) is 29.3 Å². The van der Waals surface area contributed by atoms with Crippen molar-refractivity contribution >= 4 is 46.5 Å². The minimum Gasteiger partial charge on any atom is -0.468 e. The van der Waals surface area contributed by atoms with Gasteiger partial charge in [0, 0.05) is 26.2 Å². The number of anilines is 1. The summed E-state index contributed by atoms with van der Waals surface area (Å²) in [5.41, 5.74) is 0.615. The Balaban J connectivity index is 1.79. The molecule has 1 heterocycles. The topological polar surface area (TPSA) is 73.9 Å². The van der Waals surface area contributed by atoms with E-state index in [9.17, 15) is 9.59 Å². The second kappa shape index (κ2) is 10.3. The summed E-state index contributed by atoms with van der Waals surface area (Å²) in [5, 5.41) is 6.78. The van der Waals surface area contributed by atoms with Crippen molar-refractivity contribution in [3.63, 3.8) is 0 Å². The molecule has 0 atom stereocenters. The molecule has 2 rings (SSSR count). The Bertz CT molecular complexity index is 659. The zero-order valence-electron chi connectivity index (χ0n) is 14.7. The average molecular weight is 399 g/mol. The number of carbonyl (C=O) groups is 2. The van der Waals surface area contributed by atoms with E-state index in [0.717, 1.165) is 19.5 Å². The Hall–Kier alpha value is -1.90. The summed E-state index contributed by atoms with van der Waals surface area (Å²) in [6.45, 7) is 3.31. The van der Waals surface area contributed by atoms with Crippen LogP contribution < -0.4 is 10.6 Å². The molecule has 1 aliphatic heterocycles. The van der Waals surface area contributed by atoms with Crippen LogP contribution in [-0.4, -0.2) is 73.2 Å². The Morgan fingerprint density at radius 1 is 1.23 bits per heavy atom. The molecule has 1 amide bonds. The number of nitrogens with one attached hydrogen (secondary N) is 2. The quantitative estimate of drug-likeness (QED) is 0.572. The van der Waals surface area contributed by atoms with Gasteiger partial charge in [-0.1, -0.05) is 23.7 Å². The Morgan fingerprint density at radius 2 is 2.00 bits per heavy atom. The fraction of sp³-hybridized carbons (Fsp3) is 0.471. The fourth-order valence-corrected chi connectivity index (χ4v) is 3.06. The number of halogens is 1. The third-order valence-electron chi connectivity index (χ3n) is 4.00. The molecule has 0 aliphatic carbocycles. The fourth-order valence-electron chi connectivity index (χ4n) is 2.62. The van der Waals surface area contributed by atoms with Gasteiger partial charge in [0.05, 0.1) is 24.4 Å². The van der Waals surface area contributed by atoms with E-state index in [-0.39, 0.29) is 18.4 Å².